The van der Waals surface area contributed by atoms with E-state index in [1.54, 1.807) is 18.3 Å². The number of nitrogens with two attached hydrogens (primary N) is 1. The topological polar surface area (TPSA) is 80.7 Å². The molecule has 0 fully saturated rings. The monoisotopic (exact) mass is 181 g/mol. The minimum absolute atomic E-state index is 0.0263. The average molecular weight is 181 g/mol. The Morgan fingerprint density at radius 1 is 1.77 bits per heavy atom. The fourth-order valence-corrected chi connectivity index (χ4v) is 0.859. The zero-order valence-electron chi connectivity index (χ0n) is 7.27. The number of nitrogens with zero attached hydrogens (tertiary/aromatic N) is 2. The molecule has 1 aromatic rings. The van der Waals surface area contributed by atoms with E-state index in [0.717, 1.165) is 0 Å². The van der Waals surface area contributed by atoms with Gasteiger partial charge in [0.1, 0.15) is 11.4 Å². The third kappa shape index (κ3) is 2.33. The Labute approximate surface area is 75.8 Å². The molecule has 5 heteroatoms. The number of amidine groups is 1. The molecule has 1 rings (SSSR count). The fraction of sp³-hybridized carbons (Fsp3) is 0.250. The first kappa shape index (κ1) is 9.31. The second kappa shape index (κ2) is 4.30. The van der Waals surface area contributed by atoms with Crippen LogP contribution in [0.3, 0.4) is 0 Å². The molecule has 1 heterocycles. The number of hydrogen-bond donors (Lipinski definition) is 2. The summed E-state index contributed by atoms with van der Waals surface area (Å²) in [5.74, 6) is 0.626. The molecule has 0 saturated heterocycles. The highest BCUT2D eigenvalue weighted by Crippen LogP contribution is 2.10. The smallest absolute Gasteiger partial charge is 0.188 e. The lowest BCUT2D eigenvalue weighted by atomic mass is 10.3. The van der Waals surface area contributed by atoms with Gasteiger partial charge in [-0.2, -0.15) is 0 Å². The van der Waals surface area contributed by atoms with E-state index in [9.17, 15) is 0 Å². The van der Waals surface area contributed by atoms with Gasteiger partial charge < -0.3 is 15.7 Å². The second-order valence-corrected chi connectivity index (χ2v) is 2.30. The van der Waals surface area contributed by atoms with Crippen LogP contribution in [-0.2, 0) is 0 Å². The molecule has 0 bridgehead atoms. The first-order valence-corrected chi connectivity index (χ1v) is 3.84. The summed E-state index contributed by atoms with van der Waals surface area (Å²) in [5, 5.41) is 11.2. The lowest BCUT2D eigenvalue weighted by Crippen LogP contribution is -2.14. The lowest BCUT2D eigenvalue weighted by Gasteiger charge is -2.03. The first-order valence-electron chi connectivity index (χ1n) is 3.84. The van der Waals surface area contributed by atoms with Crippen LogP contribution in [0.2, 0.25) is 0 Å². The zero-order valence-corrected chi connectivity index (χ0v) is 7.27. The van der Waals surface area contributed by atoms with Gasteiger partial charge in [-0.1, -0.05) is 5.16 Å². The normalized spacial score (nSPS) is 11.3. The standard InChI is InChI=1S/C8H11N3O2/c1-2-13-6-3-4-10-7(5-6)8(9)11-12/h3-5,12H,2H2,1H3,(H2,9,11). The molecular formula is C8H11N3O2. The summed E-state index contributed by atoms with van der Waals surface area (Å²) in [4.78, 5) is 3.90. The predicted molar refractivity (Wildman–Crippen MR) is 47.9 cm³/mol. The van der Waals surface area contributed by atoms with Gasteiger partial charge >= 0.3 is 0 Å². The molecule has 70 valence electrons. The third-order valence-electron chi connectivity index (χ3n) is 1.41. The van der Waals surface area contributed by atoms with E-state index in [4.69, 9.17) is 15.7 Å². The number of oxime groups is 1. The van der Waals surface area contributed by atoms with E-state index in [2.05, 4.69) is 10.1 Å². The summed E-state index contributed by atoms with van der Waals surface area (Å²) in [5.41, 5.74) is 5.74. The predicted octanol–water partition coefficient (Wildman–Crippen LogP) is 0.575. The van der Waals surface area contributed by atoms with Gasteiger partial charge in [0.15, 0.2) is 5.84 Å². The molecule has 0 aliphatic rings. The van der Waals surface area contributed by atoms with E-state index >= 15 is 0 Å². The van der Waals surface area contributed by atoms with Gasteiger partial charge in [-0.05, 0) is 13.0 Å². The molecule has 0 spiro atoms. The Morgan fingerprint density at radius 3 is 3.15 bits per heavy atom. The molecule has 0 saturated carbocycles. The van der Waals surface area contributed by atoms with Crippen LogP contribution >= 0.6 is 0 Å². The fourth-order valence-electron chi connectivity index (χ4n) is 0.859. The highest BCUT2D eigenvalue weighted by atomic mass is 16.5. The Balaban J connectivity index is 2.91. The van der Waals surface area contributed by atoms with Gasteiger partial charge in [0.05, 0.1) is 6.61 Å². The summed E-state index contributed by atoms with van der Waals surface area (Å²) in [6.07, 6.45) is 1.54. The van der Waals surface area contributed by atoms with Crippen molar-refractivity contribution in [3.63, 3.8) is 0 Å². The van der Waals surface area contributed by atoms with Crippen LogP contribution in [0, 0.1) is 0 Å². The van der Waals surface area contributed by atoms with Crippen LogP contribution in [-0.4, -0.2) is 22.6 Å². The van der Waals surface area contributed by atoms with Gasteiger partial charge in [-0.3, -0.25) is 4.98 Å². The minimum atomic E-state index is -0.0263. The molecule has 0 atom stereocenters. The number of ether oxygens (including phenoxy) is 1. The summed E-state index contributed by atoms with van der Waals surface area (Å²) in [6.45, 7) is 2.45. The molecular weight excluding hydrogens is 170 g/mol. The molecule has 0 aliphatic carbocycles. The summed E-state index contributed by atoms with van der Waals surface area (Å²) >= 11 is 0. The molecule has 0 aromatic carbocycles. The number of hydrogen-bond acceptors (Lipinski definition) is 4. The zero-order chi connectivity index (χ0) is 9.68. The van der Waals surface area contributed by atoms with E-state index in [1.165, 1.54) is 0 Å². The van der Waals surface area contributed by atoms with Crippen molar-refractivity contribution in [3.05, 3.63) is 24.0 Å². The molecule has 5 nitrogen and oxygen atoms in total. The number of aromatic nitrogens is 1. The van der Waals surface area contributed by atoms with Crippen molar-refractivity contribution in [2.24, 2.45) is 10.9 Å². The van der Waals surface area contributed by atoms with Crippen LogP contribution in [0.4, 0.5) is 0 Å². The van der Waals surface area contributed by atoms with Crippen LogP contribution in [0.15, 0.2) is 23.5 Å². The number of rotatable bonds is 3. The maximum atomic E-state index is 8.39. The molecule has 0 radical (unpaired) electrons. The summed E-state index contributed by atoms with van der Waals surface area (Å²) in [7, 11) is 0. The highest BCUT2D eigenvalue weighted by Gasteiger charge is 2.01. The second-order valence-electron chi connectivity index (χ2n) is 2.30. The van der Waals surface area contributed by atoms with Crippen LogP contribution in [0.5, 0.6) is 5.75 Å². The summed E-state index contributed by atoms with van der Waals surface area (Å²) < 4.78 is 5.21. The van der Waals surface area contributed by atoms with Crippen molar-refractivity contribution in [1.29, 1.82) is 0 Å². The Kier molecular flexibility index (Phi) is 3.08. The molecule has 0 unspecified atom stereocenters. The Hall–Kier alpha value is -1.78. The molecule has 1 aromatic heterocycles. The molecule has 0 amide bonds. The van der Waals surface area contributed by atoms with Crippen LogP contribution in [0.25, 0.3) is 0 Å². The Bertz CT molecular complexity index is 312. The SMILES string of the molecule is CCOc1ccnc(C(N)=NO)c1. The van der Waals surface area contributed by atoms with Crippen molar-refractivity contribution >= 4 is 5.84 Å². The maximum Gasteiger partial charge on any atom is 0.188 e. The van der Waals surface area contributed by atoms with E-state index in [-0.39, 0.29) is 5.84 Å². The number of pyridine rings is 1. The van der Waals surface area contributed by atoms with E-state index < -0.39 is 0 Å². The van der Waals surface area contributed by atoms with Gasteiger partial charge in [0, 0.05) is 12.3 Å². The van der Waals surface area contributed by atoms with Crippen molar-refractivity contribution in [2.75, 3.05) is 6.61 Å². The van der Waals surface area contributed by atoms with Crippen molar-refractivity contribution in [3.8, 4) is 5.75 Å². The Morgan fingerprint density at radius 2 is 2.54 bits per heavy atom. The molecule has 13 heavy (non-hydrogen) atoms. The summed E-state index contributed by atoms with van der Waals surface area (Å²) in [6, 6.07) is 3.32. The van der Waals surface area contributed by atoms with Crippen LogP contribution in [0.1, 0.15) is 12.6 Å². The lowest BCUT2D eigenvalue weighted by molar-refractivity contribution is 0.318. The van der Waals surface area contributed by atoms with Gasteiger partial charge in [0.25, 0.3) is 0 Å². The largest absolute Gasteiger partial charge is 0.494 e. The first-order chi connectivity index (χ1) is 6.27. The van der Waals surface area contributed by atoms with E-state index in [1.807, 2.05) is 6.92 Å². The van der Waals surface area contributed by atoms with Crippen molar-refractivity contribution in [1.82, 2.24) is 4.98 Å². The minimum Gasteiger partial charge on any atom is -0.494 e. The molecule has 3 N–H and O–H groups in total. The van der Waals surface area contributed by atoms with Gasteiger partial charge in [-0.25, -0.2) is 0 Å². The van der Waals surface area contributed by atoms with E-state index in [0.29, 0.717) is 18.1 Å². The molecule has 0 aliphatic heterocycles. The van der Waals surface area contributed by atoms with Crippen molar-refractivity contribution in [2.45, 2.75) is 6.92 Å². The van der Waals surface area contributed by atoms with Gasteiger partial charge in [0.2, 0.25) is 0 Å². The van der Waals surface area contributed by atoms with Crippen LogP contribution < -0.4 is 10.5 Å². The third-order valence-corrected chi connectivity index (χ3v) is 1.41. The average Bonchev–Trinajstić information content (AvgIpc) is 2.18. The van der Waals surface area contributed by atoms with Gasteiger partial charge in [-0.15, -0.1) is 0 Å². The van der Waals surface area contributed by atoms with Crippen molar-refractivity contribution < 1.29 is 9.94 Å². The maximum absolute atomic E-state index is 8.39. The quantitative estimate of drug-likeness (QED) is 0.309. The highest BCUT2D eigenvalue weighted by molar-refractivity contribution is 5.95.